The summed E-state index contributed by atoms with van der Waals surface area (Å²) in [6.07, 6.45) is -0.381. The maximum atomic E-state index is 5.42. The Morgan fingerprint density at radius 3 is 2.12 bits per heavy atom. The molecule has 1 unspecified atom stereocenters. The van der Waals surface area contributed by atoms with E-state index in [0.29, 0.717) is 22.4 Å². The summed E-state index contributed by atoms with van der Waals surface area (Å²) in [6, 6.07) is 13.5. The van der Waals surface area contributed by atoms with E-state index in [4.69, 9.17) is 26.4 Å². The first-order valence-corrected chi connectivity index (χ1v) is 7.69. The molecule has 3 rings (SSSR count). The van der Waals surface area contributed by atoms with Gasteiger partial charge in [-0.1, -0.05) is 18.2 Å². The zero-order valence-corrected chi connectivity index (χ0v) is 14.4. The van der Waals surface area contributed by atoms with Crippen molar-refractivity contribution in [3.05, 3.63) is 48.0 Å². The van der Waals surface area contributed by atoms with Crippen molar-refractivity contribution in [3.8, 4) is 17.2 Å². The molecule has 0 aromatic heterocycles. The predicted molar refractivity (Wildman–Crippen MR) is 95.2 cm³/mol. The van der Waals surface area contributed by atoms with Crippen LogP contribution in [0.1, 0.15) is 11.7 Å². The molecular formula is C17H17N3O3S. The molecule has 124 valence electrons. The van der Waals surface area contributed by atoms with Crippen LogP contribution in [0.3, 0.4) is 0 Å². The van der Waals surface area contributed by atoms with Gasteiger partial charge < -0.3 is 14.2 Å². The van der Waals surface area contributed by atoms with Crippen LogP contribution in [0.2, 0.25) is 0 Å². The summed E-state index contributed by atoms with van der Waals surface area (Å²) >= 11 is 5.35. The second-order valence-corrected chi connectivity index (χ2v) is 5.40. The van der Waals surface area contributed by atoms with E-state index in [9.17, 15) is 0 Å². The minimum atomic E-state index is -0.381. The van der Waals surface area contributed by atoms with Gasteiger partial charge in [0.2, 0.25) is 10.9 Å². The lowest BCUT2D eigenvalue weighted by molar-refractivity contribution is 0.323. The van der Waals surface area contributed by atoms with Gasteiger partial charge in [0, 0.05) is 11.3 Å². The third-order valence-corrected chi connectivity index (χ3v) is 4.00. The lowest BCUT2D eigenvalue weighted by Gasteiger charge is -2.24. The van der Waals surface area contributed by atoms with E-state index >= 15 is 0 Å². The van der Waals surface area contributed by atoms with Crippen molar-refractivity contribution in [2.45, 2.75) is 6.17 Å². The van der Waals surface area contributed by atoms with Crippen LogP contribution in [0.4, 0.5) is 5.69 Å². The number of azo groups is 1. The number of thiocarbonyl (C=S) groups is 1. The molecule has 0 bridgehead atoms. The first kappa shape index (κ1) is 16.2. The molecule has 0 saturated heterocycles. The highest BCUT2D eigenvalue weighted by Crippen LogP contribution is 2.43. The van der Waals surface area contributed by atoms with E-state index in [2.05, 4.69) is 10.2 Å². The van der Waals surface area contributed by atoms with Gasteiger partial charge in [-0.3, -0.25) is 4.90 Å². The van der Waals surface area contributed by atoms with Crippen LogP contribution < -0.4 is 19.1 Å². The number of hydrogen-bond acceptors (Lipinski definition) is 5. The van der Waals surface area contributed by atoms with Gasteiger partial charge in [0.25, 0.3) is 0 Å². The molecule has 7 heteroatoms. The third-order valence-electron chi connectivity index (χ3n) is 3.72. The standard InChI is InChI=1S/C17H17N3O3S/c1-21-13-9-11(10-14(22-2)15(13)23-3)16-18-19-17(24)20(16)12-7-5-4-6-8-12/h4-10,16H,1-3H3. The summed E-state index contributed by atoms with van der Waals surface area (Å²) < 4.78 is 16.2. The van der Waals surface area contributed by atoms with Crippen LogP contribution in [-0.2, 0) is 0 Å². The average molecular weight is 343 g/mol. The fourth-order valence-electron chi connectivity index (χ4n) is 2.61. The Kier molecular flexibility index (Phi) is 4.61. The molecule has 1 aliphatic heterocycles. The molecule has 0 aliphatic carbocycles. The lowest BCUT2D eigenvalue weighted by Crippen LogP contribution is -2.26. The van der Waals surface area contributed by atoms with Crippen LogP contribution in [0.25, 0.3) is 0 Å². The molecule has 1 aliphatic rings. The number of ether oxygens (including phenoxy) is 3. The number of para-hydroxylation sites is 1. The van der Waals surface area contributed by atoms with Crippen LogP contribution >= 0.6 is 12.2 Å². The number of rotatable bonds is 5. The van der Waals surface area contributed by atoms with Gasteiger partial charge in [0.05, 0.1) is 21.3 Å². The first-order chi connectivity index (χ1) is 11.7. The Hall–Kier alpha value is -2.67. The topological polar surface area (TPSA) is 55.7 Å². The summed E-state index contributed by atoms with van der Waals surface area (Å²) in [7, 11) is 4.73. The molecule has 1 atom stereocenters. The molecule has 6 nitrogen and oxygen atoms in total. The largest absolute Gasteiger partial charge is 0.493 e. The van der Waals surface area contributed by atoms with Crippen molar-refractivity contribution in [3.63, 3.8) is 0 Å². The molecule has 24 heavy (non-hydrogen) atoms. The number of methoxy groups -OCH3 is 3. The molecule has 0 radical (unpaired) electrons. The summed E-state index contributed by atoms with van der Waals surface area (Å²) in [4.78, 5) is 1.88. The summed E-state index contributed by atoms with van der Waals surface area (Å²) in [5.74, 6) is 1.66. The SMILES string of the molecule is COc1cc(C2N=NC(=S)N2c2ccccc2)cc(OC)c1OC. The second kappa shape index (κ2) is 6.84. The van der Waals surface area contributed by atoms with Gasteiger partial charge in [0.15, 0.2) is 17.7 Å². The summed E-state index contributed by atoms with van der Waals surface area (Å²) in [5.41, 5.74) is 1.77. The van der Waals surface area contributed by atoms with Crippen molar-refractivity contribution < 1.29 is 14.2 Å². The normalized spacial score (nSPS) is 16.4. The highest BCUT2D eigenvalue weighted by atomic mass is 32.1. The number of anilines is 1. The lowest BCUT2D eigenvalue weighted by atomic mass is 10.1. The molecule has 0 spiro atoms. The Labute approximate surface area is 145 Å². The fraction of sp³-hybridized carbons (Fsp3) is 0.235. The highest BCUT2D eigenvalue weighted by molar-refractivity contribution is 7.80. The van der Waals surface area contributed by atoms with Crippen LogP contribution in [0, 0.1) is 0 Å². The van der Waals surface area contributed by atoms with Crippen molar-refractivity contribution in [2.24, 2.45) is 10.2 Å². The summed E-state index contributed by atoms with van der Waals surface area (Å²) in [6.45, 7) is 0. The first-order valence-electron chi connectivity index (χ1n) is 7.28. The van der Waals surface area contributed by atoms with Gasteiger partial charge in [-0.25, -0.2) is 0 Å². The molecule has 1 heterocycles. The average Bonchev–Trinajstić information content (AvgIpc) is 3.02. The molecule has 2 aromatic carbocycles. The van der Waals surface area contributed by atoms with Gasteiger partial charge in [0.1, 0.15) is 0 Å². The van der Waals surface area contributed by atoms with E-state index in [-0.39, 0.29) is 6.17 Å². The Balaban J connectivity index is 2.07. The predicted octanol–water partition coefficient (Wildman–Crippen LogP) is 3.97. The smallest absolute Gasteiger partial charge is 0.222 e. The van der Waals surface area contributed by atoms with E-state index in [0.717, 1.165) is 11.3 Å². The fourth-order valence-corrected chi connectivity index (χ4v) is 2.87. The van der Waals surface area contributed by atoms with E-state index in [1.165, 1.54) is 0 Å². The van der Waals surface area contributed by atoms with E-state index < -0.39 is 0 Å². The van der Waals surface area contributed by atoms with Crippen LogP contribution in [0.5, 0.6) is 17.2 Å². The number of benzene rings is 2. The van der Waals surface area contributed by atoms with Gasteiger partial charge in [-0.05, 0) is 36.5 Å². The monoisotopic (exact) mass is 343 g/mol. The van der Waals surface area contributed by atoms with Gasteiger partial charge in [-0.15, -0.1) is 5.11 Å². The van der Waals surface area contributed by atoms with Crippen molar-refractivity contribution in [2.75, 3.05) is 26.2 Å². The minimum Gasteiger partial charge on any atom is -0.493 e. The van der Waals surface area contributed by atoms with Gasteiger partial charge >= 0.3 is 0 Å². The Morgan fingerprint density at radius 2 is 1.58 bits per heavy atom. The third kappa shape index (κ3) is 2.78. The van der Waals surface area contributed by atoms with Crippen molar-refractivity contribution >= 4 is 23.0 Å². The molecular weight excluding hydrogens is 326 g/mol. The number of nitrogens with zero attached hydrogens (tertiary/aromatic N) is 3. The van der Waals surface area contributed by atoms with E-state index in [1.54, 1.807) is 21.3 Å². The van der Waals surface area contributed by atoms with Crippen molar-refractivity contribution in [1.82, 2.24) is 0 Å². The zero-order valence-electron chi connectivity index (χ0n) is 13.6. The minimum absolute atomic E-state index is 0.381. The molecule has 0 amide bonds. The number of hydrogen-bond donors (Lipinski definition) is 0. The van der Waals surface area contributed by atoms with Crippen molar-refractivity contribution in [1.29, 1.82) is 0 Å². The molecule has 0 saturated carbocycles. The quantitative estimate of drug-likeness (QED) is 0.769. The van der Waals surface area contributed by atoms with Crippen LogP contribution in [0.15, 0.2) is 52.7 Å². The summed E-state index contributed by atoms with van der Waals surface area (Å²) in [5, 5.41) is 8.80. The molecule has 0 N–H and O–H groups in total. The maximum absolute atomic E-state index is 5.42. The molecule has 2 aromatic rings. The van der Waals surface area contributed by atoms with Crippen LogP contribution in [-0.4, -0.2) is 26.4 Å². The Bertz CT molecular complexity index is 755. The zero-order chi connectivity index (χ0) is 17.1. The van der Waals surface area contributed by atoms with Gasteiger partial charge in [-0.2, -0.15) is 5.11 Å². The maximum Gasteiger partial charge on any atom is 0.222 e. The Morgan fingerprint density at radius 1 is 0.958 bits per heavy atom. The highest BCUT2D eigenvalue weighted by Gasteiger charge is 2.31. The van der Waals surface area contributed by atoms with E-state index in [1.807, 2.05) is 47.4 Å². The molecule has 0 fully saturated rings. The second-order valence-electron chi connectivity index (χ2n) is 5.04.